The summed E-state index contributed by atoms with van der Waals surface area (Å²) in [5, 5.41) is 3.10. The van der Waals surface area contributed by atoms with Crippen LogP contribution in [-0.2, 0) is 10.2 Å². The molecule has 1 aromatic heterocycles. The van der Waals surface area contributed by atoms with Gasteiger partial charge in [0.25, 0.3) is 5.91 Å². The Hall–Kier alpha value is -2.41. The van der Waals surface area contributed by atoms with Gasteiger partial charge in [0.05, 0.1) is 12.8 Å². The van der Waals surface area contributed by atoms with Crippen molar-refractivity contribution in [2.45, 2.75) is 33.1 Å². The number of aromatic nitrogens is 1. The SMILES string of the molecule is COC(=O)c1sc(NC(=O)c2cc(N)ccc2C)nc1C(C)(C)C. The lowest BCUT2D eigenvalue weighted by atomic mass is 9.91. The number of hydrogen-bond donors (Lipinski definition) is 2. The molecule has 1 aromatic carbocycles. The maximum atomic E-state index is 12.5. The first-order valence-corrected chi connectivity index (χ1v) is 8.22. The summed E-state index contributed by atoms with van der Waals surface area (Å²) in [7, 11) is 1.32. The van der Waals surface area contributed by atoms with Crippen molar-refractivity contribution in [1.29, 1.82) is 0 Å². The third-order valence-corrected chi connectivity index (χ3v) is 4.39. The van der Waals surface area contributed by atoms with Gasteiger partial charge >= 0.3 is 5.97 Å². The molecule has 0 aliphatic heterocycles. The first-order valence-electron chi connectivity index (χ1n) is 7.40. The highest BCUT2D eigenvalue weighted by atomic mass is 32.1. The van der Waals surface area contributed by atoms with Crippen LogP contribution in [0.5, 0.6) is 0 Å². The predicted molar refractivity (Wildman–Crippen MR) is 95.7 cm³/mol. The molecular formula is C17H21N3O3S. The van der Waals surface area contributed by atoms with E-state index in [1.165, 1.54) is 7.11 Å². The number of ether oxygens (including phenoxy) is 1. The number of benzene rings is 1. The number of aryl methyl sites for hydroxylation is 1. The Kier molecular flexibility index (Phi) is 4.94. The van der Waals surface area contributed by atoms with Crippen molar-refractivity contribution in [2.75, 3.05) is 18.2 Å². The topological polar surface area (TPSA) is 94.3 Å². The summed E-state index contributed by atoms with van der Waals surface area (Å²) in [5.74, 6) is -0.775. The number of esters is 1. The van der Waals surface area contributed by atoms with Crippen LogP contribution < -0.4 is 11.1 Å². The maximum absolute atomic E-state index is 12.5. The van der Waals surface area contributed by atoms with Crippen LogP contribution in [0.25, 0.3) is 0 Å². The van der Waals surface area contributed by atoms with Crippen molar-refractivity contribution in [3.8, 4) is 0 Å². The Balaban J connectivity index is 2.36. The van der Waals surface area contributed by atoms with E-state index >= 15 is 0 Å². The van der Waals surface area contributed by atoms with E-state index in [4.69, 9.17) is 10.5 Å². The molecule has 128 valence electrons. The lowest BCUT2D eigenvalue weighted by Gasteiger charge is -2.16. The monoisotopic (exact) mass is 347 g/mol. The van der Waals surface area contributed by atoms with Crippen LogP contribution in [0.4, 0.5) is 10.8 Å². The molecule has 0 aliphatic carbocycles. The Labute approximate surface area is 145 Å². The van der Waals surface area contributed by atoms with E-state index in [1.807, 2.05) is 27.7 Å². The Morgan fingerprint density at radius 2 is 1.96 bits per heavy atom. The number of carbonyl (C=O) groups is 2. The summed E-state index contributed by atoms with van der Waals surface area (Å²) in [5.41, 5.74) is 7.78. The number of nitrogens with zero attached hydrogens (tertiary/aromatic N) is 1. The minimum Gasteiger partial charge on any atom is -0.465 e. The molecule has 0 atom stereocenters. The third kappa shape index (κ3) is 3.73. The van der Waals surface area contributed by atoms with Crippen molar-refractivity contribution in [2.24, 2.45) is 0 Å². The molecular weight excluding hydrogens is 326 g/mol. The second kappa shape index (κ2) is 6.60. The number of anilines is 2. The summed E-state index contributed by atoms with van der Waals surface area (Å²) in [4.78, 5) is 29.3. The van der Waals surface area contributed by atoms with Gasteiger partial charge in [-0.3, -0.25) is 10.1 Å². The highest BCUT2D eigenvalue weighted by molar-refractivity contribution is 7.17. The van der Waals surface area contributed by atoms with Gasteiger partial charge in [-0.25, -0.2) is 9.78 Å². The van der Waals surface area contributed by atoms with Gasteiger partial charge in [-0.05, 0) is 24.6 Å². The fraction of sp³-hybridized carbons (Fsp3) is 0.353. The van der Waals surface area contributed by atoms with Gasteiger partial charge in [0, 0.05) is 16.7 Å². The van der Waals surface area contributed by atoms with Crippen LogP contribution in [0, 0.1) is 6.92 Å². The largest absolute Gasteiger partial charge is 0.465 e. The summed E-state index contributed by atoms with van der Waals surface area (Å²) >= 11 is 1.10. The predicted octanol–water partition coefficient (Wildman–Crippen LogP) is 3.37. The first kappa shape index (κ1) is 17.9. The molecule has 2 rings (SSSR count). The van der Waals surface area contributed by atoms with E-state index in [9.17, 15) is 9.59 Å². The van der Waals surface area contributed by atoms with Crippen LogP contribution in [0.1, 0.15) is 52.1 Å². The van der Waals surface area contributed by atoms with Gasteiger partial charge in [0.15, 0.2) is 5.13 Å². The fourth-order valence-corrected chi connectivity index (χ4v) is 3.25. The number of nitrogens with one attached hydrogen (secondary N) is 1. The number of nitrogens with two attached hydrogens (primary N) is 1. The molecule has 1 amide bonds. The quantitative estimate of drug-likeness (QED) is 0.656. The van der Waals surface area contributed by atoms with Gasteiger partial charge in [0.2, 0.25) is 0 Å². The standard InChI is InChI=1S/C17H21N3O3S/c1-9-6-7-10(18)8-11(9)14(21)20-16-19-13(17(2,3)4)12(24-16)15(22)23-5/h6-8H,18H2,1-5H3,(H,19,20,21). The average molecular weight is 347 g/mol. The Bertz CT molecular complexity index is 791. The Morgan fingerprint density at radius 1 is 1.29 bits per heavy atom. The van der Waals surface area contributed by atoms with Crippen molar-refractivity contribution in [3.05, 3.63) is 39.9 Å². The normalized spacial score (nSPS) is 11.2. The van der Waals surface area contributed by atoms with Crippen molar-refractivity contribution < 1.29 is 14.3 Å². The summed E-state index contributed by atoms with van der Waals surface area (Å²) in [6.07, 6.45) is 0. The summed E-state index contributed by atoms with van der Waals surface area (Å²) in [6.45, 7) is 7.67. The molecule has 24 heavy (non-hydrogen) atoms. The van der Waals surface area contributed by atoms with Crippen LogP contribution >= 0.6 is 11.3 Å². The molecule has 0 spiro atoms. The van der Waals surface area contributed by atoms with Gasteiger partial charge < -0.3 is 10.5 Å². The van der Waals surface area contributed by atoms with E-state index in [0.717, 1.165) is 16.9 Å². The van der Waals surface area contributed by atoms with E-state index in [-0.39, 0.29) is 11.3 Å². The molecule has 2 aromatic rings. The molecule has 0 fully saturated rings. The number of thiazole rings is 1. The fourth-order valence-electron chi connectivity index (χ4n) is 2.16. The summed E-state index contributed by atoms with van der Waals surface area (Å²) < 4.78 is 4.81. The van der Waals surface area contributed by atoms with Crippen LogP contribution in [0.3, 0.4) is 0 Å². The van der Waals surface area contributed by atoms with E-state index in [0.29, 0.717) is 27.0 Å². The third-order valence-electron chi connectivity index (χ3n) is 3.44. The van der Waals surface area contributed by atoms with Crippen molar-refractivity contribution in [1.82, 2.24) is 4.98 Å². The lowest BCUT2D eigenvalue weighted by Crippen LogP contribution is -2.17. The highest BCUT2D eigenvalue weighted by Crippen LogP contribution is 2.33. The highest BCUT2D eigenvalue weighted by Gasteiger charge is 2.28. The summed E-state index contributed by atoms with van der Waals surface area (Å²) in [6, 6.07) is 5.14. The average Bonchev–Trinajstić information content (AvgIpc) is 2.92. The molecule has 3 N–H and O–H groups in total. The first-order chi connectivity index (χ1) is 11.1. The molecule has 1 heterocycles. The molecule has 0 bridgehead atoms. The molecule has 6 nitrogen and oxygen atoms in total. The second-order valence-electron chi connectivity index (χ2n) is 6.47. The Morgan fingerprint density at radius 3 is 2.54 bits per heavy atom. The van der Waals surface area contributed by atoms with Crippen molar-refractivity contribution in [3.63, 3.8) is 0 Å². The maximum Gasteiger partial charge on any atom is 0.350 e. The number of rotatable bonds is 3. The number of amides is 1. The van der Waals surface area contributed by atoms with Crippen molar-refractivity contribution >= 4 is 34.0 Å². The minimum atomic E-state index is -0.460. The van der Waals surface area contributed by atoms with Crippen LogP contribution in [-0.4, -0.2) is 24.0 Å². The van der Waals surface area contributed by atoms with E-state index < -0.39 is 5.97 Å². The zero-order chi connectivity index (χ0) is 18.1. The minimum absolute atomic E-state index is 0.314. The molecule has 0 saturated carbocycles. The van der Waals surface area contributed by atoms with Gasteiger partial charge in [0.1, 0.15) is 4.88 Å². The van der Waals surface area contributed by atoms with E-state index in [1.54, 1.807) is 18.2 Å². The molecule has 0 unspecified atom stereocenters. The van der Waals surface area contributed by atoms with Crippen LogP contribution in [0.15, 0.2) is 18.2 Å². The van der Waals surface area contributed by atoms with Crippen LogP contribution in [0.2, 0.25) is 0 Å². The molecule has 0 aliphatic rings. The molecule has 0 saturated heterocycles. The zero-order valence-electron chi connectivity index (χ0n) is 14.4. The number of methoxy groups -OCH3 is 1. The van der Waals surface area contributed by atoms with Gasteiger partial charge in [-0.15, -0.1) is 0 Å². The smallest absolute Gasteiger partial charge is 0.350 e. The molecule has 0 radical (unpaired) electrons. The lowest BCUT2D eigenvalue weighted by molar-refractivity contribution is 0.0603. The zero-order valence-corrected chi connectivity index (χ0v) is 15.2. The number of carbonyl (C=O) groups excluding carboxylic acids is 2. The van der Waals surface area contributed by atoms with E-state index in [2.05, 4.69) is 10.3 Å². The van der Waals surface area contributed by atoms with Gasteiger partial charge in [-0.2, -0.15) is 0 Å². The molecule has 7 heteroatoms. The van der Waals surface area contributed by atoms with Gasteiger partial charge in [-0.1, -0.05) is 38.2 Å². The second-order valence-corrected chi connectivity index (χ2v) is 7.47. The number of nitrogen functional groups attached to an aromatic ring is 1. The number of hydrogen-bond acceptors (Lipinski definition) is 6.